The second kappa shape index (κ2) is 5.09. The molecule has 0 radical (unpaired) electrons. The quantitative estimate of drug-likeness (QED) is 0.863. The molecule has 1 N–H and O–H groups in total. The molecule has 1 unspecified atom stereocenters. The van der Waals surface area contributed by atoms with Gasteiger partial charge in [-0.05, 0) is 54.3 Å². The van der Waals surface area contributed by atoms with Crippen LogP contribution in [0.25, 0.3) is 0 Å². The van der Waals surface area contributed by atoms with Crippen molar-refractivity contribution in [1.29, 1.82) is 0 Å². The zero-order valence-electron chi connectivity index (χ0n) is 10.2. The maximum atomic E-state index is 13.5. The molecule has 0 fully saturated rings. The van der Waals surface area contributed by atoms with E-state index in [0.717, 1.165) is 5.56 Å². The van der Waals surface area contributed by atoms with Crippen LogP contribution in [0.4, 0.5) is 4.39 Å². The summed E-state index contributed by atoms with van der Waals surface area (Å²) in [4.78, 5) is 0. The van der Waals surface area contributed by atoms with Crippen LogP contribution in [0.5, 0.6) is 0 Å². The standard InChI is InChI=1S/C15H14ClFO/c1-9-5-12(7-13(16)6-9)15(18)11-4-3-10(2)14(17)8-11/h3-8,15,18H,1-2H3. The van der Waals surface area contributed by atoms with Crippen molar-refractivity contribution in [3.8, 4) is 0 Å². The third-order valence-corrected chi connectivity index (χ3v) is 3.11. The smallest absolute Gasteiger partial charge is 0.126 e. The lowest BCUT2D eigenvalue weighted by Gasteiger charge is -2.13. The van der Waals surface area contributed by atoms with E-state index in [9.17, 15) is 9.50 Å². The lowest BCUT2D eigenvalue weighted by atomic mass is 9.99. The fourth-order valence-electron chi connectivity index (χ4n) is 1.89. The van der Waals surface area contributed by atoms with Gasteiger partial charge in [0.25, 0.3) is 0 Å². The first-order valence-corrected chi connectivity index (χ1v) is 6.06. The maximum absolute atomic E-state index is 13.5. The molecule has 2 aromatic rings. The van der Waals surface area contributed by atoms with Gasteiger partial charge in [0.05, 0.1) is 0 Å². The predicted octanol–water partition coefficient (Wildman–Crippen LogP) is 4.18. The predicted molar refractivity (Wildman–Crippen MR) is 71.4 cm³/mol. The van der Waals surface area contributed by atoms with E-state index in [1.54, 1.807) is 25.1 Å². The summed E-state index contributed by atoms with van der Waals surface area (Å²) in [5.74, 6) is -0.315. The summed E-state index contributed by atoms with van der Waals surface area (Å²) < 4.78 is 13.5. The minimum atomic E-state index is -0.863. The van der Waals surface area contributed by atoms with E-state index < -0.39 is 6.10 Å². The van der Waals surface area contributed by atoms with Crippen LogP contribution in [0.2, 0.25) is 5.02 Å². The topological polar surface area (TPSA) is 20.2 Å². The van der Waals surface area contributed by atoms with Gasteiger partial charge in [-0.3, -0.25) is 0 Å². The highest BCUT2D eigenvalue weighted by Crippen LogP contribution is 2.26. The van der Waals surface area contributed by atoms with Crippen molar-refractivity contribution in [3.63, 3.8) is 0 Å². The van der Waals surface area contributed by atoms with Gasteiger partial charge in [0.15, 0.2) is 0 Å². The lowest BCUT2D eigenvalue weighted by Crippen LogP contribution is -2.01. The Hall–Kier alpha value is -1.38. The number of aliphatic hydroxyl groups excluding tert-OH is 1. The van der Waals surface area contributed by atoms with Crippen molar-refractivity contribution in [1.82, 2.24) is 0 Å². The minimum absolute atomic E-state index is 0.315. The zero-order chi connectivity index (χ0) is 13.3. The third-order valence-electron chi connectivity index (χ3n) is 2.89. The highest BCUT2D eigenvalue weighted by molar-refractivity contribution is 6.30. The molecule has 0 bridgehead atoms. The van der Waals surface area contributed by atoms with Crippen molar-refractivity contribution < 1.29 is 9.50 Å². The largest absolute Gasteiger partial charge is 0.384 e. The van der Waals surface area contributed by atoms with Crippen LogP contribution < -0.4 is 0 Å². The van der Waals surface area contributed by atoms with Crippen LogP contribution in [0.3, 0.4) is 0 Å². The monoisotopic (exact) mass is 264 g/mol. The summed E-state index contributed by atoms with van der Waals surface area (Å²) in [7, 11) is 0. The molecule has 0 aliphatic heterocycles. The Morgan fingerprint density at radius 2 is 1.78 bits per heavy atom. The Labute approximate surface area is 111 Å². The molecule has 3 heteroatoms. The summed E-state index contributed by atoms with van der Waals surface area (Å²) in [5.41, 5.74) is 2.72. The van der Waals surface area contributed by atoms with Gasteiger partial charge in [0.2, 0.25) is 0 Å². The number of rotatable bonds is 2. The van der Waals surface area contributed by atoms with E-state index in [1.165, 1.54) is 6.07 Å². The summed E-state index contributed by atoms with van der Waals surface area (Å²) in [6.07, 6.45) is -0.863. The van der Waals surface area contributed by atoms with Crippen molar-refractivity contribution in [2.24, 2.45) is 0 Å². The van der Waals surface area contributed by atoms with Gasteiger partial charge in [0, 0.05) is 5.02 Å². The van der Waals surface area contributed by atoms with Crippen LogP contribution in [-0.2, 0) is 0 Å². The van der Waals surface area contributed by atoms with Crippen LogP contribution >= 0.6 is 11.6 Å². The molecule has 0 aromatic heterocycles. The second-order valence-corrected chi connectivity index (χ2v) is 4.91. The van der Waals surface area contributed by atoms with E-state index in [1.807, 2.05) is 19.1 Å². The van der Waals surface area contributed by atoms with E-state index >= 15 is 0 Å². The van der Waals surface area contributed by atoms with Gasteiger partial charge in [-0.15, -0.1) is 0 Å². The van der Waals surface area contributed by atoms with Gasteiger partial charge in [-0.2, -0.15) is 0 Å². The molecule has 0 aliphatic carbocycles. The van der Waals surface area contributed by atoms with E-state index in [4.69, 9.17) is 11.6 Å². The fraction of sp³-hybridized carbons (Fsp3) is 0.200. The van der Waals surface area contributed by atoms with Gasteiger partial charge in [-0.1, -0.05) is 29.8 Å². The molecule has 0 spiro atoms. The van der Waals surface area contributed by atoms with Crippen LogP contribution in [-0.4, -0.2) is 5.11 Å². The molecule has 18 heavy (non-hydrogen) atoms. The van der Waals surface area contributed by atoms with Gasteiger partial charge in [0.1, 0.15) is 11.9 Å². The minimum Gasteiger partial charge on any atom is -0.384 e. The Kier molecular flexibility index (Phi) is 3.69. The number of benzene rings is 2. The molecule has 0 saturated carbocycles. The van der Waals surface area contributed by atoms with Crippen LogP contribution in [0, 0.1) is 19.7 Å². The highest BCUT2D eigenvalue weighted by atomic mass is 35.5. The van der Waals surface area contributed by atoms with Gasteiger partial charge >= 0.3 is 0 Å². The summed E-state index contributed by atoms with van der Waals surface area (Å²) in [5, 5.41) is 10.8. The Morgan fingerprint density at radius 3 is 2.39 bits per heavy atom. The summed E-state index contributed by atoms with van der Waals surface area (Å²) in [6.45, 7) is 3.59. The van der Waals surface area contributed by atoms with Crippen molar-refractivity contribution in [3.05, 3.63) is 69.5 Å². The van der Waals surface area contributed by atoms with Crippen LogP contribution in [0.15, 0.2) is 36.4 Å². The Morgan fingerprint density at radius 1 is 1.06 bits per heavy atom. The molecular formula is C15H14ClFO. The summed E-state index contributed by atoms with van der Waals surface area (Å²) in [6, 6.07) is 10.1. The first-order chi connectivity index (χ1) is 8.47. The number of halogens is 2. The van der Waals surface area contributed by atoms with Crippen molar-refractivity contribution in [2.45, 2.75) is 20.0 Å². The number of hydrogen-bond acceptors (Lipinski definition) is 1. The molecule has 2 aromatic carbocycles. The normalized spacial score (nSPS) is 12.5. The Balaban J connectivity index is 2.40. The van der Waals surface area contributed by atoms with E-state index in [0.29, 0.717) is 21.7 Å². The van der Waals surface area contributed by atoms with E-state index in [-0.39, 0.29) is 5.82 Å². The second-order valence-electron chi connectivity index (χ2n) is 4.47. The molecule has 1 atom stereocenters. The molecular weight excluding hydrogens is 251 g/mol. The lowest BCUT2D eigenvalue weighted by molar-refractivity contribution is 0.219. The first-order valence-electron chi connectivity index (χ1n) is 5.68. The molecule has 1 nitrogen and oxygen atoms in total. The van der Waals surface area contributed by atoms with Crippen LogP contribution in [0.1, 0.15) is 28.4 Å². The SMILES string of the molecule is Cc1cc(Cl)cc(C(O)c2ccc(C)c(F)c2)c1. The molecule has 0 amide bonds. The van der Waals surface area contributed by atoms with Gasteiger partial charge < -0.3 is 5.11 Å². The maximum Gasteiger partial charge on any atom is 0.126 e. The zero-order valence-corrected chi connectivity index (χ0v) is 11.0. The number of hydrogen-bond donors (Lipinski definition) is 1. The number of aryl methyl sites for hydroxylation is 2. The third kappa shape index (κ3) is 2.71. The Bertz CT molecular complexity index is 560. The van der Waals surface area contributed by atoms with Crippen molar-refractivity contribution >= 4 is 11.6 Å². The molecule has 94 valence electrons. The van der Waals surface area contributed by atoms with E-state index in [2.05, 4.69) is 0 Å². The average Bonchev–Trinajstić information content (AvgIpc) is 2.30. The average molecular weight is 265 g/mol. The molecule has 0 aliphatic rings. The van der Waals surface area contributed by atoms with Crippen molar-refractivity contribution in [2.75, 3.05) is 0 Å². The fourth-order valence-corrected chi connectivity index (χ4v) is 2.19. The number of aliphatic hydroxyl groups is 1. The summed E-state index contributed by atoms with van der Waals surface area (Å²) >= 11 is 5.95. The highest BCUT2D eigenvalue weighted by Gasteiger charge is 2.13. The molecule has 0 saturated heterocycles. The van der Waals surface area contributed by atoms with Gasteiger partial charge in [-0.25, -0.2) is 4.39 Å². The first kappa shape index (κ1) is 13.1. The molecule has 0 heterocycles. The molecule has 2 rings (SSSR count).